The average molecular weight is 1460 g/mol. The zero-order valence-electron chi connectivity index (χ0n) is 59.4. The number of hydrogen-bond acceptors (Lipinski definition) is 22. The Morgan fingerprint density at radius 3 is 1.19 bits per heavy atom. The summed E-state index contributed by atoms with van der Waals surface area (Å²) in [5.74, 6) is -21.3. The van der Waals surface area contributed by atoms with E-state index in [4.69, 9.17) is 17.2 Å². The first-order chi connectivity index (χ1) is 47.5. The van der Waals surface area contributed by atoms with Gasteiger partial charge in [-0.15, -0.1) is 0 Å². The largest absolute Gasteiger partial charge is 0.481 e. The normalized spacial score (nSPS) is 15.2. The lowest BCUT2D eigenvalue weighted by Gasteiger charge is -2.29. The minimum atomic E-state index is -1.82. The highest BCUT2D eigenvalue weighted by Gasteiger charge is 2.38. The number of carboxylic acids is 3. The Hall–Kier alpha value is -9.70. The number of amides is 15. The summed E-state index contributed by atoms with van der Waals surface area (Å²) in [6.45, 7) is 13.3. The number of unbranched alkanes of at least 4 members (excludes halogenated alkanes) is 1. The van der Waals surface area contributed by atoms with E-state index in [-0.39, 0.29) is 31.7 Å². The van der Waals surface area contributed by atoms with Gasteiger partial charge in [0.15, 0.2) is 0 Å². The number of hydrogen-bond donors (Lipinski definition) is 22. The zero-order chi connectivity index (χ0) is 78.4. The molecule has 0 radical (unpaired) electrons. The first kappa shape index (κ1) is 92.3. The van der Waals surface area contributed by atoms with Gasteiger partial charge < -0.3 is 117 Å². The van der Waals surface area contributed by atoms with E-state index < -0.39 is 268 Å². The molecule has 14 atom stereocenters. The average Bonchev–Trinajstić information content (AvgIpc) is 0.863. The molecular weight excluding hydrogens is 1350 g/mol. The summed E-state index contributed by atoms with van der Waals surface area (Å²) in [5.41, 5.74) is 16.4. The lowest BCUT2D eigenvalue weighted by atomic mass is 9.97. The van der Waals surface area contributed by atoms with E-state index in [1.807, 2.05) is 0 Å². The highest BCUT2D eigenvalue weighted by molar-refractivity contribution is 6.00. The van der Waals surface area contributed by atoms with Crippen molar-refractivity contribution in [3.8, 4) is 0 Å². The molecule has 25 N–H and O–H groups in total. The number of nitrogens with two attached hydrogens (primary N) is 3. The molecule has 0 aromatic carbocycles. The first-order valence-corrected chi connectivity index (χ1v) is 33.4. The molecule has 102 heavy (non-hydrogen) atoms. The summed E-state index contributed by atoms with van der Waals surface area (Å²) in [6, 6.07) is -18.2. The van der Waals surface area contributed by atoms with E-state index in [0.29, 0.717) is 12.8 Å². The highest BCUT2D eigenvalue weighted by Crippen LogP contribution is 2.13. The third-order valence-corrected chi connectivity index (χ3v) is 15.4. The molecule has 578 valence electrons. The summed E-state index contributed by atoms with van der Waals surface area (Å²) >= 11 is 0. The van der Waals surface area contributed by atoms with Gasteiger partial charge in [-0.05, 0) is 95.9 Å². The van der Waals surface area contributed by atoms with E-state index >= 15 is 0 Å². The van der Waals surface area contributed by atoms with Crippen molar-refractivity contribution in [1.82, 2.24) is 74.4 Å². The lowest BCUT2D eigenvalue weighted by molar-refractivity contribution is -0.144. The summed E-state index contributed by atoms with van der Waals surface area (Å²) in [6.07, 6.45) is -4.60. The molecule has 0 heterocycles. The number of primary amides is 1. The molecule has 0 aromatic rings. The number of carboxylic acid groups (broad SMARTS) is 3. The predicted molar refractivity (Wildman–Crippen MR) is 360 cm³/mol. The van der Waals surface area contributed by atoms with Gasteiger partial charge in [0.1, 0.15) is 66.5 Å². The van der Waals surface area contributed by atoms with Gasteiger partial charge in [-0.3, -0.25) is 81.5 Å². The van der Waals surface area contributed by atoms with Gasteiger partial charge in [0.25, 0.3) is 0 Å². The molecule has 0 aromatic heterocycles. The zero-order valence-corrected chi connectivity index (χ0v) is 59.4. The molecule has 40 nitrogen and oxygen atoms in total. The van der Waals surface area contributed by atoms with Gasteiger partial charge in [0.05, 0.1) is 38.4 Å². The number of carbonyl (C=O) groups excluding carboxylic acids is 15. The molecule has 0 unspecified atom stereocenters. The SMILES string of the molecule is CC[C@H](C)[C@H](NC(=O)[C@H](CC(C)C)NC(=O)CNC(=O)[C@@H](NC(=O)[C@H](CO)NC(=O)[C@@H](NC(=O)[C@@H](NC(=O)CNC(=O)[C@H](C)NC(=O)[C@H](CCCCN)NC(=O)[C@H](CCC(=O)O)NC(=O)[C@H](CCC(=O)O)NC(=O)[C@H](CCC(N)=O)NC(=O)CNC(=O)[C@@H](C)N)C(C)C)C(C)C)[C@@H](C)O)C(=O)O. The second kappa shape index (κ2) is 47.4. The number of carbonyl (C=O) groups is 18. The number of aliphatic hydroxyl groups excluding tert-OH is 2. The van der Waals surface area contributed by atoms with Crippen molar-refractivity contribution in [2.24, 2.45) is 40.9 Å². The van der Waals surface area contributed by atoms with E-state index in [0.717, 1.165) is 6.92 Å². The topological polar surface area (TPSA) is 655 Å². The fraction of sp³-hybridized carbons (Fsp3) is 0.710. The monoisotopic (exact) mass is 1460 g/mol. The van der Waals surface area contributed by atoms with Crippen molar-refractivity contribution >= 4 is 107 Å². The Morgan fingerprint density at radius 1 is 0.392 bits per heavy atom. The molecule has 0 fully saturated rings. The van der Waals surface area contributed by atoms with Crippen molar-refractivity contribution < 1.29 is 112 Å². The summed E-state index contributed by atoms with van der Waals surface area (Å²) in [5, 5.41) is 82.0. The molecule has 0 aliphatic heterocycles. The van der Waals surface area contributed by atoms with Crippen LogP contribution in [-0.2, 0) is 86.3 Å². The summed E-state index contributed by atoms with van der Waals surface area (Å²) in [7, 11) is 0. The van der Waals surface area contributed by atoms with Crippen LogP contribution in [0.3, 0.4) is 0 Å². The van der Waals surface area contributed by atoms with Crippen molar-refractivity contribution in [2.75, 3.05) is 32.8 Å². The molecule has 0 saturated heterocycles. The van der Waals surface area contributed by atoms with Crippen molar-refractivity contribution in [1.29, 1.82) is 0 Å². The fourth-order valence-corrected chi connectivity index (χ4v) is 9.30. The number of aliphatic carboxylic acids is 3. The third-order valence-electron chi connectivity index (χ3n) is 15.4. The van der Waals surface area contributed by atoms with E-state index in [1.165, 1.54) is 41.5 Å². The Bertz CT molecular complexity index is 2910. The number of rotatable bonds is 50. The second-order valence-corrected chi connectivity index (χ2v) is 25.6. The maximum atomic E-state index is 14.0. The van der Waals surface area contributed by atoms with Crippen molar-refractivity contribution in [3.63, 3.8) is 0 Å². The molecule has 0 spiro atoms. The smallest absolute Gasteiger partial charge is 0.326 e. The van der Waals surface area contributed by atoms with Crippen LogP contribution in [0.2, 0.25) is 0 Å². The summed E-state index contributed by atoms with van der Waals surface area (Å²) < 4.78 is 0. The highest BCUT2D eigenvalue weighted by atomic mass is 16.4. The van der Waals surface area contributed by atoms with Gasteiger partial charge in [-0.2, -0.15) is 0 Å². The Labute approximate surface area is 590 Å². The minimum absolute atomic E-state index is 0.0831. The van der Waals surface area contributed by atoms with Crippen LogP contribution in [0.4, 0.5) is 0 Å². The standard InChI is InChI=1S/C62H107N17O23/c1-12-31(8)49(62(101)102)78-57(96)39(23-28(2)3)71-43(84)25-68-59(98)50(34(11)81)79-58(97)40(27-80)75-60(99)48(30(6)7)77-61(100)47(29(4)5)76-44(85)26-67-52(91)33(10)69-53(92)35(15-13-14-22-63)72-55(94)37(17-20-45(86)87)74-56(95)38(18-21-46(88)89)73-54(93)36(16-19-41(65)82)70-42(83)24-66-51(90)32(9)64/h28-40,47-50,80-81H,12-27,63-64H2,1-11H3,(H2,65,82)(H,66,90)(H,67,91)(H,68,98)(H,69,92)(H,70,83)(H,71,84)(H,72,94)(H,73,93)(H,74,95)(H,75,99)(H,76,85)(H,77,100)(H,78,96)(H,79,97)(H,86,87)(H,88,89)(H,101,102)/t31-,32+,33-,34+,35-,36-,37-,38-,39-,40-,47-,48-,49-,50-/m0/s1. The van der Waals surface area contributed by atoms with Crippen LogP contribution in [0.1, 0.15) is 147 Å². The quantitative estimate of drug-likeness (QED) is 0.0252. The predicted octanol–water partition coefficient (Wildman–Crippen LogP) is -7.98. The first-order valence-electron chi connectivity index (χ1n) is 33.4. The van der Waals surface area contributed by atoms with Gasteiger partial charge in [0.2, 0.25) is 88.6 Å². The van der Waals surface area contributed by atoms with E-state index in [2.05, 4.69) is 74.4 Å². The van der Waals surface area contributed by atoms with Crippen LogP contribution < -0.4 is 91.6 Å². The Balaban J connectivity index is 6.25. The maximum Gasteiger partial charge on any atom is 0.326 e. The van der Waals surface area contributed by atoms with Gasteiger partial charge in [-0.25, -0.2) is 4.79 Å². The molecule has 0 aliphatic rings. The second-order valence-electron chi connectivity index (χ2n) is 25.6. The van der Waals surface area contributed by atoms with Crippen LogP contribution >= 0.6 is 0 Å². The minimum Gasteiger partial charge on any atom is -0.481 e. The van der Waals surface area contributed by atoms with E-state index in [1.54, 1.807) is 27.7 Å². The van der Waals surface area contributed by atoms with Crippen LogP contribution in [0, 0.1) is 23.7 Å². The van der Waals surface area contributed by atoms with E-state index in [9.17, 15) is 112 Å². The van der Waals surface area contributed by atoms with Crippen LogP contribution in [-0.4, -0.2) is 243 Å². The Kier molecular flexibility index (Phi) is 42.9. The van der Waals surface area contributed by atoms with Crippen LogP contribution in [0.25, 0.3) is 0 Å². The van der Waals surface area contributed by atoms with Gasteiger partial charge >= 0.3 is 17.9 Å². The fourth-order valence-electron chi connectivity index (χ4n) is 9.30. The number of nitrogens with one attached hydrogen (secondary N) is 14. The van der Waals surface area contributed by atoms with Crippen LogP contribution in [0.15, 0.2) is 0 Å². The molecule has 40 heteroatoms. The van der Waals surface area contributed by atoms with Crippen LogP contribution in [0.5, 0.6) is 0 Å². The summed E-state index contributed by atoms with van der Waals surface area (Å²) in [4.78, 5) is 234. The molecular formula is C62H107N17O23. The number of aliphatic hydroxyl groups is 2. The molecule has 0 saturated carbocycles. The molecule has 0 bridgehead atoms. The molecule has 0 rings (SSSR count). The van der Waals surface area contributed by atoms with Gasteiger partial charge in [0, 0.05) is 19.3 Å². The Morgan fingerprint density at radius 2 is 0.765 bits per heavy atom. The molecule has 15 amide bonds. The lowest BCUT2D eigenvalue weighted by Crippen LogP contribution is -2.62. The molecule has 0 aliphatic carbocycles. The maximum absolute atomic E-state index is 14.0. The third kappa shape index (κ3) is 36.1. The van der Waals surface area contributed by atoms with Crippen molar-refractivity contribution in [2.45, 2.75) is 225 Å². The van der Waals surface area contributed by atoms with Gasteiger partial charge in [-0.1, -0.05) is 61.8 Å². The van der Waals surface area contributed by atoms with Crippen molar-refractivity contribution in [3.05, 3.63) is 0 Å².